The van der Waals surface area contributed by atoms with Crippen molar-refractivity contribution >= 4 is 47.9 Å². The van der Waals surface area contributed by atoms with Crippen molar-refractivity contribution in [3.63, 3.8) is 0 Å². The van der Waals surface area contributed by atoms with E-state index in [0.717, 1.165) is 34.3 Å². The average molecular weight is 731 g/mol. The van der Waals surface area contributed by atoms with Crippen LogP contribution in [0.3, 0.4) is 0 Å². The summed E-state index contributed by atoms with van der Waals surface area (Å²) in [7, 11) is 0. The lowest BCUT2D eigenvalue weighted by Crippen LogP contribution is -2.47. The molecule has 2 aromatic carbocycles. The molecule has 4 amide bonds. The summed E-state index contributed by atoms with van der Waals surface area (Å²) >= 11 is 2.07. The van der Waals surface area contributed by atoms with Crippen LogP contribution < -0.4 is 9.44 Å². The minimum Gasteiger partial charge on any atom is -0.315 e. The SMILES string of the molecule is CCC(c1ccccc1)N(CCN(C(=O)NSP(=O)(CC)CC)C(CC)c1ccccc1)C(=O)NSP(=O)(CC)CC.c1cc2cc-2c1. The molecule has 2 unspecified atom stereocenters. The van der Waals surface area contributed by atoms with Gasteiger partial charge in [-0.05, 0) is 41.2 Å². The van der Waals surface area contributed by atoms with Gasteiger partial charge >= 0.3 is 12.1 Å². The van der Waals surface area contributed by atoms with E-state index in [4.69, 9.17) is 0 Å². The maximum absolute atomic E-state index is 13.7. The highest BCUT2D eigenvalue weighted by Crippen LogP contribution is 2.56. The van der Waals surface area contributed by atoms with Gasteiger partial charge < -0.3 is 18.9 Å². The first kappa shape index (κ1) is 39.8. The van der Waals surface area contributed by atoms with E-state index < -0.39 is 12.7 Å². The van der Waals surface area contributed by atoms with Crippen LogP contribution in [0.4, 0.5) is 9.59 Å². The average Bonchev–Trinajstić information content (AvgIpc) is 3.74. The predicted octanol–water partition coefficient (Wildman–Crippen LogP) is 10.9. The Morgan fingerprint density at radius 3 is 1.19 bits per heavy atom. The molecule has 0 saturated carbocycles. The Hall–Kier alpha value is -2.64. The molecule has 48 heavy (non-hydrogen) atoms. The first-order valence-electron chi connectivity index (χ1n) is 16.9. The highest BCUT2D eigenvalue weighted by molar-refractivity contribution is 8.57. The Morgan fingerprint density at radius 2 is 0.938 bits per heavy atom. The van der Waals surface area contributed by atoms with Crippen LogP contribution in [-0.4, -0.2) is 59.6 Å². The second-order valence-corrected chi connectivity index (χ2v) is 23.2. The summed E-state index contributed by atoms with van der Waals surface area (Å²) in [5, 5.41) is 0. The van der Waals surface area contributed by atoms with Gasteiger partial charge in [-0.25, -0.2) is 9.59 Å². The van der Waals surface area contributed by atoms with Crippen LogP contribution >= 0.6 is 35.8 Å². The fourth-order valence-electron chi connectivity index (χ4n) is 5.38. The van der Waals surface area contributed by atoms with Crippen molar-refractivity contribution in [2.45, 2.75) is 66.5 Å². The van der Waals surface area contributed by atoms with Crippen LogP contribution in [0.2, 0.25) is 0 Å². The van der Waals surface area contributed by atoms with Crippen molar-refractivity contribution in [1.82, 2.24) is 19.2 Å². The Kier molecular flexibility index (Phi) is 16.2. The Balaban J connectivity index is 0.000000917. The number of hydrogen-bond acceptors (Lipinski definition) is 6. The van der Waals surface area contributed by atoms with Crippen molar-refractivity contribution in [2.24, 2.45) is 0 Å². The minimum absolute atomic E-state index is 0.245. The zero-order valence-electron chi connectivity index (χ0n) is 29.1. The van der Waals surface area contributed by atoms with Crippen LogP contribution in [0.15, 0.2) is 84.9 Å². The molecule has 2 aromatic rings. The van der Waals surface area contributed by atoms with Crippen LogP contribution in [0.5, 0.6) is 0 Å². The molecule has 4 rings (SSSR count). The first-order chi connectivity index (χ1) is 23.1. The maximum Gasteiger partial charge on any atom is 0.328 e. The molecule has 2 N–H and O–H groups in total. The Labute approximate surface area is 296 Å². The lowest BCUT2D eigenvalue weighted by atomic mass is 10.0. The third-order valence-electron chi connectivity index (χ3n) is 8.64. The molecule has 0 radical (unpaired) electrons. The number of nitrogens with one attached hydrogen (secondary N) is 2. The molecule has 0 aliphatic heterocycles. The number of rotatable bonds is 17. The summed E-state index contributed by atoms with van der Waals surface area (Å²) in [5.74, 6) is 0. The van der Waals surface area contributed by atoms with Crippen molar-refractivity contribution in [1.29, 1.82) is 0 Å². The van der Waals surface area contributed by atoms with Crippen LogP contribution in [0.25, 0.3) is 11.1 Å². The summed E-state index contributed by atoms with van der Waals surface area (Å²) in [6.07, 6.45) is -1.87. The van der Waals surface area contributed by atoms with Gasteiger partial charge in [0.25, 0.3) is 0 Å². The summed E-state index contributed by atoms with van der Waals surface area (Å²) < 4.78 is 31.9. The van der Waals surface area contributed by atoms with Crippen LogP contribution in [-0.2, 0) is 9.13 Å². The molecule has 0 saturated heterocycles. The van der Waals surface area contributed by atoms with Gasteiger partial charge in [-0.15, -0.1) is 0 Å². The highest BCUT2D eigenvalue weighted by Gasteiger charge is 2.31. The molecule has 2 atom stereocenters. The van der Waals surface area contributed by atoms with Gasteiger partial charge in [-0.1, -0.05) is 120 Å². The lowest BCUT2D eigenvalue weighted by Gasteiger charge is -2.36. The number of amides is 4. The third kappa shape index (κ3) is 11.5. The number of nitrogens with zero attached hydrogens (tertiary/aromatic N) is 2. The van der Waals surface area contributed by atoms with Gasteiger partial charge in [-0.3, -0.25) is 9.44 Å². The number of hydrogen-bond donors (Lipinski definition) is 2. The molecule has 12 heteroatoms. The Bertz CT molecular complexity index is 1420. The van der Waals surface area contributed by atoms with Gasteiger partial charge in [0.05, 0.1) is 12.1 Å². The van der Waals surface area contributed by atoms with Gasteiger partial charge in [0.1, 0.15) is 0 Å². The topological polar surface area (TPSA) is 98.8 Å². The van der Waals surface area contributed by atoms with Crippen molar-refractivity contribution in [3.05, 3.63) is 96.1 Å². The maximum atomic E-state index is 13.7. The zero-order valence-corrected chi connectivity index (χ0v) is 32.6. The number of carbonyl (C=O) groups is 2. The standard InChI is InChI=1S/C30H48N4O4P2S2.C6H4/c1-7-27(25-19-15-13-16-20-25)33(29(35)31-41-39(37,9-3)10-4)23-24-34(28(8-2)26-21-17-14-18-22-26)30(36)32-42-40(38,11-5)12-6;1-2-5-4-6(5)3-1/h13-22,27-28H,7-12,23-24H2,1-6H3,(H,31,35)(H,32,36);1-4H. The fourth-order valence-corrected chi connectivity index (χ4v) is 10.5. The summed E-state index contributed by atoms with van der Waals surface area (Å²) in [4.78, 5) is 31.0. The van der Waals surface area contributed by atoms with Crippen molar-refractivity contribution in [2.75, 3.05) is 37.7 Å². The van der Waals surface area contributed by atoms with E-state index in [2.05, 4.69) is 33.7 Å². The molecule has 0 bridgehead atoms. The number of fused-ring (bicyclic) bond motifs is 1. The van der Waals surface area contributed by atoms with E-state index in [-0.39, 0.29) is 37.2 Å². The summed E-state index contributed by atoms with van der Waals surface area (Å²) in [6, 6.07) is 27.0. The molecular formula is C36H52N4O4P2S2. The molecule has 2 aliphatic rings. The highest BCUT2D eigenvalue weighted by atomic mass is 32.7. The fraction of sp³-hybridized carbons (Fsp3) is 0.444. The smallest absolute Gasteiger partial charge is 0.315 e. The molecule has 0 spiro atoms. The largest absolute Gasteiger partial charge is 0.328 e. The van der Waals surface area contributed by atoms with Gasteiger partial charge in [0.15, 0.2) is 12.7 Å². The lowest BCUT2D eigenvalue weighted by molar-refractivity contribution is 0.146. The summed E-state index contributed by atoms with van der Waals surface area (Å²) in [6.45, 7) is 12.1. The molecule has 0 heterocycles. The predicted molar refractivity (Wildman–Crippen MR) is 207 cm³/mol. The normalized spacial score (nSPS) is 13.0. The number of benzene rings is 3. The molecule has 262 valence electrons. The van der Waals surface area contributed by atoms with Crippen LogP contribution in [0, 0.1) is 0 Å². The van der Waals surface area contributed by atoms with E-state index in [0.29, 0.717) is 37.5 Å². The van der Waals surface area contributed by atoms with E-state index in [1.54, 1.807) is 9.80 Å². The summed E-state index contributed by atoms with van der Waals surface area (Å²) in [5.41, 5.74) is 4.83. The second-order valence-electron chi connectivity index (χ2n) is 11.5. The molecule has 0 aromatic heterocycles. The van der Waals surface area contributed by atoms with E-state index in [1.165, 1.54) is 11.1 Å². The Morgan fingerprint density at radius 1 is 0.583 bits per heavy atom. The molecular weight excluding hydrogens is 679 g/mol. The molecule has 2 aliphatic carbocycles. The van der Waals surface area contributed by atoms with Crippen LogP contribution in [0.1, 0.15) is 77.6 Å². The van der Waals surface area contributed by atoms with E-state index in [9.17, 15) is 18.7 Å². The van der Waals surface area contributed by atoms with Crippen molar-refractivity contribution < 1.29 is 18.7 Å². The van der Waals surface area contributed by atoms with Gasteiger partial charge in [-0.2, -0.15) is 0 Å². The first-order valence-corrected chi connectivity index (χ1v) is 23.9. The molecule has 0 fully saturated rings. The second kappa shape index (κ2) is 19.5. The molecule has 8 nitrogen and oxygen atoms in total. The number of urea groups is 2. The van der Waals surface area contributed by atoms with E-state index >= 15 is 0 Å². The van der Waals surface area contributed by atoms with Crippen molar-refractivity contribution in [3.8, 4) is 11.1 Å². The quantitative estimate of drug-likeness (QED) is 0.0829. The zero-order chi connectivity index (χ0) is 35.2. The van der Waals surface area contributed by atoms with E-state index in [1.807, 2.05) is 102 Å². The third-order valence-corrected chi connectivity index (χ3v) is 19.3. The minimum atomic E-state index is -2.58. The van der Waals surface area contributed by atoms with Gasteiger partial charge in [0, 0.05) is 60.9 Å². The van der Waals surface area contributed by atoms with Gasteiger partial charge in [0.2, 0.25) is 0 Å². The monoisotopic (exact) mass is 730 g/mol. The number of carbonyl (C=O) groups excluding carboxylic acids is 2.